The second-order valence-corrected chi connectivity index (χ2v) is 9.22. The molecular formula is C30H27N2O+. The summed E-state index contributed by atoms with van der Waals surface area (Å²) < 4.78 is 17.3. The van der Waals surface area contributed by atoms with Gasteiger partial charge in [0, 0.05) is 35.0 Å². The molecule has 0 aliphatic rings. The Balaban J connectivity index is 1.71. The molecule has 3 aromatic carbocycles. The van der Waals surface area contributed by atoms with E-state index in [1.54, 1.807) is 0 Å². The Hall–Kier alpha value is -3.72. The van der Waals surface area contributed by atoms with Crippen molar-refractivity contribution in [3.8, 4) is 11.3 Å². The van der Waals surface area contributed by atoms with Crippen molar-refractivity contribution in [3.05, 3.63) is 83.4 Å². The van der Waals surface area contributed by atoms with Crippen molar-refractivity contribution in [2.45, 2.75) is 33.6 Å². The molecule has 0 saturated heterocycles. The number of furan rings is 1. The first kappa shape index (κ1) is 18.8. The number of hydrogen-bond donors (Lipinski definition) is 0. The summed E-state index contributed by atoms with van der Waals surface area (Å²) in [6.07, 6.45) is 0. The van der Waals surface area contributed by atoms with Crippen LogP contribution in [-0.2, 0) is 7.05 Å². The maximum Gasteiger partial charge on any atom is 0.227 e. The zero-order valence-electron chi connectivity index (χ0n) is 20.7. The van der Waals surface area contributed by atoms with Crippen LogP contribution in [-0.4, -0.2) is 4.98 Å². The van der Waals surface area contributed by atoms with E-state index in [1.165, 1.54) is 11.1 Å². The van der Waals surface area contributed by atoms with E-state index in [4.69, 9.17) is 10.8 Å². The number of benzene rings is 3. The molecule has 0 spiro atoms. The first-order valence-corrected chi connectivity index (χ1v) is 11.4. The summed E-state index contributed by atoms with van der Waals surface area (Å²) in [6.45, 7) is 8.20. The standard InChI is InChI=1S/C30H27N2O/c1-17(2)21-10-8-12-26-22(21)13-14-27(32(26)5)28-19(4)18(3)15-23-24-16-20-9-6-7-11-25(20)31-30(24)33-29(23)28/h6-17H,1-5H3/q+1/i17D. The van der Waals surface area contributed by atoms with E-state index < -0.39 is 5.89 Å². The van der Waals surface area contributed by atoms with Crippen LogP contribution in [0, 0.1) is 13.8 Å². The average Bonchev–Trinajstić information content (AvgIpc) is 3.15. The molecule has 0 saturated carbocycles. The molecular weight excluding hydrogens is 404 g/mol. The average molecular weight is 433 g/mol. The highest BCUT2D eigenvalue weighted by Crippen LogP contribution is 2.39. The minimum absolute atomic E-state index is 0.668. The summed E-state index contributed by atoms with van der Waals surface area (Å²) in [6, 6.07) is 23.1. The Morgan fingerprint density at radius 3 is 2.55 bits per heavy atom. The molecule has 0 atom stereocenters. The van der Waals surface area contributed by atoms with Gasteiger partial charge in [0.05, 0.1) is 11.1 Å². The van der Waals surface area contributed by atoms with Crippen molar-refractivity contribution >= 4 is 43.9 Å². The van der Waals surface area contributed by atoms with E-state index in [1.807, 2.05) is 38.1 Å². The molecule has 3 aromatic heterocycles. The third kappa shape index (κ3) is 2.88. The first-order valence-electron chi connectivity index (χ1n) is 11.9. The highest BCUT2D eigenvalue weighted by molar-refractivity contribution is 6.11. The van der Waals surface area contributed by atoms with Crippen molar-refractivity contribution in [1.29, 1.82) is 0 Å². The topological polar surface area (TPSA) is 29.9 Å². The molecule has 0 amide bonds. The van der Waals surface area contributed by atoms with E-state index in [2.05, 4.69) is 67.9 Å². The van der Waals surface area contributed by atoms with Crippen LogP contribution < -0.4 is 4.57 Å². The van der Waals surface area contributed by atoms with Gasteiger partial charge < -0.3 is 4.42 Å². The van der Waals surface area contributed by atoms with Gasteiger partial charge in [-0.05, 0) is 60.7 Å². The largest absolute Gasteiger partial charge is 0.437 e. The van der Waals surface area contributed by atoms with Crippen molar-refractivity contribution in [1.82, 2.24) is 4.98 Å². The van der Waals surface area contributed by atoms with Gasteiger partial charge in [0.2, 0.25) is 16.9 Å². The fraction of sp³-hybridized carbons (Fsp3) is 0.200. The van der Waals surface area contributed by atoms with Gasteiger partial charge >= 0.3 is 0 Å². The number of rotatable bonds is 2. The second kappa shape index (κ2) is 7.14. The SMILES string of the molecule is [2H]C(C)(C)c1cccc2c1ccc(-c1c(C)c(C)cc3c1oc1nc4ccccc4cc13)[n+]2C. The summed E-state index contributed by atoms with van der Waals surface area (Å²) in [5.41, 5.74) is 9.20. The van der Waals surface area contributed by atoms with Crippen molar-refractivity contribution in [3.63, 3.8) is 0 Å². The van der Waals surface area contributed by atoms with Crippen LogP contribution in [0.15, 0.2) is 71.1 Å². The number of para-hydroxylation sites is 1. The third-order valence-electron chi connectivity index (χ3n) is 6.99. The second-order valence-electron chi connectivity index (χ2n) is 9.22. The van der Waals surface area contributed by atoms with Gasteiger partial charge in [-0.15, -0.1) is 0 Å². The summed E-state index contributed by atoms with van der Waals surface area (Å²) in [5.74, 6) is -0.674. The van der Waals surface area contributed by atoms with Crippen LogP contribution in [0.3, 0.4) is 0 Å². The molecule has 3 heterocycles. The molecule has 6 rings (SSSR count). The smallest absolute Gasteiger partial charge is 0.227 e. The monoisotopic (exact) mass is 432 g/mol. The molecule has 33 heavy (non-hydrogen) atoms. The molecule has 162 valence electrons. The van der Waals surface area contributed by atoms with Gasteiger partial charge in [-0.25, -0.2) is 4.98 Å². The van der Waals surface area contributed by atoms with Crippen LogP contribution in [0.4, 0.5) is 0 Å². The van der Waals surface area contributed by atoms with Gasteiger partial charge in [0.1, 0.15) is 7.05 Å². The van der Waals surface area contributed by atoms with E-state index >= 15 is 0 Å². The highest BCUT2D eigenvalue weighted by Gasteiger charge is 2.24. The molecule has 0 N–H and O–H groups in total. The Morgan fingerprint density at radius 2 is 1.73 bits per heavy atom. The molecule has 3 nitrogen and oxygen atoms in total. The van der Waals surface area contributed by atoms with Crippen molar-refractivity contribution in [2.75, 3.05) is 0 Å². The van der Waals surface area contributed by atoms with Crippen LogP contribution in [0.25, 0.3) is 55.1 Å². The number of hydrogen-bond acceptors (Lipinski definition) is 2. The zero-order chi connectivity index (χ0) is 23.8. The van der Waals surface area contributed by atoms with Crippen LogP contribution in [0.1, 0.15) is 37.8 Å². The Morgan fingerprint density at radius 1 is 0.909 bits per heavy atom. The summed E-state index contributed by atoms with van der Waals surface area (Å²) >= 11 is 0. The Bertz CT molecular complexity index is 1770. The molecule has 0 bridgehead atoms. The predicted octanol–water partition coefficient (Wildman–Crippen LogP) is 7.52. The lowest BCUT2D eigenvalue weighted by molar-refractivity contribution is -0.633. The van der Waals surface area contributed by atoms with E-state index in [-0.39, 0.29) is 0 Å². The molecule has 0 unspecified atom stereocenters. The van der Waals surface area contributed by atoms with Gasteiger partial charge in [0.25, 0.3) is 0 Å². The quantitative estimate of drug-likeness (QED) is 0.265. The van der Waals surface area contributed by atoms with Gasteiger partial charge in [0.15, 0.2) is 5.58 Å². The molecule has 3 heteroatoms. The van der Waals surface area contributed by atoms with Crippen LogP contribution >= 0.6 is 0 Å². The minimum Gasteiger partial charge on any atom is -0.437 e. The molecule has 6 aromatic rings. The fourth-order valence-corrected chi connectivity index (χ4v) is 5.08. The summed E-state index contributed by atoms with van der Waals surface area (Å²) in [5, 5.41) is 4.35. The maximum absolute atomic E-state index is 8.61. The Kier molecular flexibility index (Phi) is 4.07. The highest BCUT2D eigenvalue weighted by atomic mass is 16.3. The lowest BCUT2D eigenvalue weighted by atomic mass is 9.94. The van der Waals surface area contributed by atoms with Crippen molar-refractivity contribution < 1.29 is 10.4 Å². The number of aromatic nitrogens is 2. The normalized spacial score (nSPS) is 12.8. The van der Waals surface area contributed by atoms with Crippen molar-refractivity contribution in [2.24, 2.45) is 7.05 Å². The lowest BCUT2D eigenvalue weighted by Crippen LogP contribution is -2.32. The van der Waals surface area contributed by atoms with E-state index in [0.717, 1.165) is 55.0 Å². The van der Waals surface area contributed by atoms with Gasteiger partial charge in [-0.2, -0.15) is 4.57 Å². The Labute approximate surface area is 194 Å². The van der Waals surface area contributed by atoms with Crippen LogP contribution in [0.5, 0.6) is 0 Å². The lowest BCUT2D eigenvalue weighted by Gasteiger charge is -2.12. The minimum atomic E-state index is -0.674. The molecule has 0 aliphatic heterocycles. The number of nitrogens with zero attached hydrogens (tertiary/aromatic N) is 2. The number of fused-ring (bicyclic) bond motifs is 5. The number of aryl methyl sites for hydroxylation is 2. The zero-order valence-corrected chi connectivity index (χ0v) is 19.7. The van der Waals surface area contributed by atoms with E-state index in [0.29, 0.717) is 5.71 Å². The maximum atomic E-state index is 8.61. The molecule has 0 fully saturated rings. The number of pyridine rings is 2. The molecule has 0 aliphatic carbocycles. The molecule has 0 radical (unpaired) electrons. The van der Waals surface area contributed by atoms with Gasteiger partial charge in [-0.1, -0.05) is 44.2 Å². The predicted molar refractivity (Wildman–Crippen MR) is 137 cm³/mol. The summed E-state index contributed by atoms with van der Waals surface area (Å²) in [7, 11) is 2.10. The van der Waals surface area contributed by atoms with Crippen LogP contribution in [0.2, 0.25) is 0 Å². The summed E-state index contributed by atoms with van der Waals surface area (Å²) in [4.78, 5) is 4.83. The third-order valence-corrected chi connectivity index (χ3v) is 6.99. The van der Waals surface area contributed by atoms with Gasteiger partial charge in [-0.3, -0.25) is 0 Å². The first-order chi connectivity index (χ1) is 16.2. The van der Waals surface area contributed by atoms with E-state index in [9.17, 15) is 0 Å². The fourth-order valence-electron chi connectivity index (χ4n) is 5.08.